The number of nitrogens with zero attached hydrogens (tertiary/aromatic N) is 4. The molecule has 2 aromatic heterocycles. The smallest absolute Gasteiger partial charge is 0.262 e. The second kappa shape index (κ2) is 8.83. The van der Waals surface area contributed by atoms with E-state index in [2.05, 4.69) is 29.2 Å². The molecule has 0 aliphatic carbocycles. The fourth-order valence-electron chi connectivity index (χ4n) is 3.22. The first-order valence-corrected chi connectivity index (χ1v) is 11.0. The van der Waals surface area contributed by atoms with E-state index >= 15 is 0 Å². The van der Waals surface area contributed by atoms with Crippen molar-refractivity contribution < 1.29 is 4.52 Å². The maximum atomic E-state index is 13.3. The number of aryl methyl sites for hydroxylation is 2. The molecule has 0 N–H and O–H groups in total. The summed E-state index contributed by atoms with van der Waals surface area (Å²) in [5, 5.41) is 5.18. The third-order valence-electron chi connectivity index (χ3n) is 4.88. The van der Waals surface area contributed by atoms with E-state index < -0.39 is 0 Å². The summed E-state index contributed by atoms with van der Waals surface area (Å²) in [7, 11) is 0. The highest BCUT2D eigenvalue weighted by molar-refractivity contribution is 7.99. The second-order valence-corrected chi connectivity index (χ2v) is 8.66. The van der Waals surface area contributed by atoms with Gasteiger partial charge in [-0.1, -0.05) is 65.8 Å². The van der Waals surface area contributed by atoms with Gasteiger partial charge in [0.25, 0.3) is 5.56 Å². The molecule has 0 bridgehead atoms. The van der Waals surface area contributed by atoms with Crippen LogP contribution in [0, 0.1) is 6.92 Å². The zero-order valence-corrected chi connectivity index (χ0v) is 18.1. The number of hydrogen-bond acceptors (Lipinski definition) is 6. The number of para-hydroxylation sites is 1. The number of hydrogen-bond donors (Lipinski definition) is 0. The summed E-state index contributed by atoms with van der Waals surface area (Å²) in [6, 6.07) is 15.7. The molecule has 30 heavy (non-hydrogen) atoms. The fourth-order valence-corrected chi connectivity index (χ4v) is 4.16. The van der Waals surface area contributed by atoms with Crippen molar-refractivity contribution >= 4 is 22.7 Å². The Kier molecular flexibility index (Phi) is 5.99. The Hall–Kier alpha value is -2.93. The van der Waals surface area contributed by atoms with Crippen LogP contribution in [0.3, 0.4) is 0 Å². The van der Waals surface area contributed by atoms with Crippen molar-refractivity contribution in [3.05, 3.63) is 81.7 Å². The van der Waals surface area contributed by atoms with Crippen LogP contribution in [0.5, 0.6) is 0 Å². The molecule has 0 saturated heterocycles. The minimum Gasteiger partial charge on any atom is -0.338 e. The van der Waals surface area contributed by atoms with Crippen molar-refractivity contribution in [2.75, 3.05) is 0 Å². The number of rotatable bonds is 7. The van der Waals surface area contributed by atoms with Gasteiger partial charge < -0.3 is 4.52 Å². The maximum absolute atomic E-state index is 13.3. The number of benzene rings is 2. The van der Waals surface area contributed by atoms with Crippen molar-refractivity contribution in [1.29, 1.82) is 0 Å². The lowest BCUT2D eigenvalue weighted by molar-refractivity contribution is 0.374. The zero-order chi connectivity index (χ0) is 21.1. The average molecular weight is 421 g/mol. The fraction of sp³-hybridized carbons (Fsp3) is 0.304. The Balaban J connectivity index is 1.72. The molecule has 0 unspecified atom stereocenters. The summed E-state index contributed by atoms with van der Waals surface area (Å²) in [5.74, 6) is 1.26. The largest absolute Gasteiger partial charge is 0.338 e. The zero-order valence-electron chi connectivity index (χ0n) is 17.3. The minimum absolute atomic E-state index is 0.0481. The average Bonchev–Trinajstić information content (AvgIpc) is 3.21. The van der Waals surface area contributed by atoms with E-state index in [1.807, 2.05) is 50.2 Å². The number of thioether (sulfide) groups is 1. The van der Waals surface area contributed by atoms with Crippen molar-refractivity contribution in [1.82, 2.24) is 19.7 Å². The molecule has 0 spiro atoms. The molecule has 0 aliphatic rings. The lowest BCUT2D eigenvalue weighted by Gasteiger charge is -2.15. The van der Waals surface area contributed by atoms with Gasteiger partial charge in [0.1, 0.15) is 0 Å². The Morgan fingerprint density at radius 3 is 2.63 bits per heavy atom. The van der Waals surface area contributed by atoms with Gasteiger partial charge in [-0.15, -0.1) is 0 Å². The highest BCUT2D eigenvalue weighted by atomic mass is 32.2. The van der Waals surface area contributed by atoms with Crippen LogP contribution in [0.1, 0.15) is 48.4 Å². The van der Waals surface area contributed by atoms with Gasteiger partial charge in [-0.3, -0.25) is 9.36 Å². The predicted octanol–water partition coefficient (Wildman–Crippen LogP) is 4.94. The molecule has 0 saturated carbocycles. The summed E-state index contributed by atoms with van der Waals surface area (Å²) in [6.07, 6.45) is 1.75. The van der Waals surface area contributed by atoms with E-state index in [-0.39, 0.29) is 10.8 Å². The first-order chi connectivity index (χ1) is 14.5. The normalized spacial score (nSPS) is 12.4. The monoisotopic (exact) mass is 420 g/mol. The summed E-state index contributed by atoms with van der Waals surface area (Å²) in [6.45, 7) is 6.58. The highest BCUT2D eigenvalue weighted by Crippen LogP contribution is 2.33. The summed E-state index contributed by atoms with van der Waals surface area (Å²) >= 11 is 1.46. The second-order valence-electron chi connectivity index (χ2n) is 7.35. The molecule has 0 aliphatic heterocycles. The molecule has 0 fully saturated rings. The summed E-state index contributed by atoms with van der Waals surface area (Å²) in [4.78, 5) is 22.6. The summed E-state index contributed by atoms with van der Waals surface area (Å²) < 4.78 is 7.18. The SMILES string of the molecule is CCCc1noc([C@H](C)Sc2nc3ccccc3c(=O)n2Cc2ccc(C)cc2)n1. The van der Waals surface area contributed by atoms with Crippen molar-refractivity contribution in [3.8, 4) is 0 Å². The molecule has 0 radical (unpaired) electrons. The minimum atomic E-state index is -0.125. The van der Waals surface area contributed by atoms with E-state index in [9.17, 15) is 4.79 Å². The standard InChI is InChI=1S/C23H24N4O2S/c1-4-7-20-25-21(29-26-20)16(3)30-23-24-19-9-6-5-8-18(19)22(28)27(23)14-17-12-10-15(2)11-13-17/h5-6,8-13,16H,4,7,14H2,1-3H3/t16-/m0/s1. The van der Waals surface area contributed by atoms with Crippen molar-refractivity contribution in [2.45, 2.75) is 50.6 Å². The summed E-state index contributed by atoms with van der Waals surface area (Å²) in [5.41, 5.74) is 2.88. The van der Waals surface area contributed by atoms with Crippen LogP contribution < -0.4 is 5.56 Å². The third-order valence-corrected chi connectivity index (χ3v) is 5.95. The van der Waals surface area contributed by atoms with Crippen LogP contribution in [-0.4, -0.2) is 19.7 Å². The van der Waals surface area contributed by atoms with Gasteiger partial charge in [-0.2, -0.15) is 4.98 Å². The highest BCUT2D eigenvalue weighted by Gasteiger charge is 2.20. The molecule has 2 aromatic carbocycles. The molecule has 154 valence electrons. The van der Waals surface area contributed by atoms with Gasteiger partial charge in [-0.25, -0.2) is 4.98 Å². The van der Waals surface area contributed by atoms with Gasteiger partial charge in [0.05, 0.1) is 22.7 Å². The lowest BCUT2D eigenvalue weighted by Crippen LogP contribution is -2.24. The molecule has 4 rings (SSSR count). The Morgan fingerprint density at radius 2 is 1.87 bits per heavy atom. The van der Waals surface area contributed by atoms with Crippen LogP contribution >= 0.6 is 11.8 Å². The predicted molar refractivity (Wildman–Crippen MR) is 119 cm³/mol. The molecule has 1 atom stereocenters. The van der Waals surface area contributed by atoms with Gasteiger partial charge in [0.2, 0.25) is 5.89 Å². The Labute approximate surface area is 179 Å². The van der Waals surface area contributed by atoms with E-state index in [4.69, 9.17) is 9.51 Å². The van der Waals surface area contributed by atoms with Gasteiger partial charge in [-0.05, 0) is 38.0 Å². The molecule has 0 amide bonds. The molecule has 2 heterocycles. The molecule has 7 heteroatoms. The number of fused-ring (bicyclic) bond motifs is 1. The van der Waals surface area contributed by atoms with Crippen LogP contribution in [0.2, 0.25) is 0 Å². The Bertz CT molecular complexity index is 1210. The van der Waals surface area contributed by atoms with Gasteiger partial charge >= 0.3 is 0 Å². The first kappa shape index (κ1) is 20.3. The quantitative estimate of drug-likeness (QED) is 0.311. The van der Waals surface area contributed by atoms with Crippen LogP contribution in [-0.2, 0) is 13.0 Å². The molecular weight excluding hydrogens is 396 g/mol. The first-order valence-electron chi connectivity index (χ1n) is 10.1. The van der Waals surface area contributed by atoms with Gasteiger partial charge in [0.15, 0.2) is 11.0 Å². The van der Waals surface area contributed by atoms with Crippen molar-refractivity contribution in [2.24, 2.45) is 0 Å². The van der Waals surface area contributed by atoms with E-state index in [1.54, 1.807) is 4.57 Å². The lowest BCUT2D eigenvalue weighted by atomic mass is 10.1. The topological polar surface area (TPSA) is 73.8 Å². The van der Waals surface area contributed by atoms with E-state index in [0.717, 1.165) is 18.4 Å². The van der Waals surface area contributed by atoms with Crippen LogP contribution in [0.4, 0.5) is 0 Å². The van der Waals surface area contributed by atoms with Crippen LogP contribution in [0.15, 0.2) is 63.0 Å². The molecular formula is C23H24N4O2S. The molecule has 4 aromatic rings. The van der Waals surface area contributed by atoms with E-state index in [1.165, 1.54) is 17.3 Å². The Morgan fingerprint density at radius 1 is 1.10 bits per heavy atom. The maximum Gasteiger partial charge on any atom is 0.262 e. The van der Waals surface area contributed by atoms with Gasteiger partial charge in [0, 0.05) is 6.42 Å². The third kappa shape index (κ3) is 4.31. The molecule has 6 nitrogen and oxygen atoms in total. The number of aromatic nitrogens is 4. The van der Waals surface area contributed by atoms with Crippen molar-refractivity contribution in [3.63, 3.8) is 0 Å². The van der Waals surface area contributed by atoms with Crippen LogP contribution in [0.25, 0.3) is 10.9 Å². The van der Waals surface area contributed by atoms with E-state index in [0.29, 0.717) is 34.3 Å².